The Balaban J connectivity index is 0.00000242. The van der Waals surface area contributed by atoms with Crippen molar-refractivity contribution in [1.82, 2.24) is 9.55 Å². The van der Waals surface area contributed by atoms with E-state index < -0.39 is 50.2 Å². The molecule has 0 aromatic carbocycles. The van der Waals surface area contributed by atoms with E-state index in [2.05, 4.69) is 4.52 Å². The van der Waals surface area contributed by atoms with Gasteiger partial charge in [0.25, 0.3) is 5.56 Å². The van der Waals surface area contributed by atoms with Crippen molar-refractivity contribution in [2.45, 2.75) is 24.5 Å². The van der Waals surface area contributed by atoms with E-state index in [0.29, 0.717) is 0 Å². The van der Waals surface area contributed by atoms with E-state index in [1.807, 2.05) is 4.98 Å². The van der Waals surface area contributed by atoms with Gasteiger partial charge in [0.15, 0.2) is 6.23 Å². The molecule has 4 atom stereocenters. The van der Waals surface area contributed by atoms with Gasteiger partial charge in [-0.15, -0.1) is 0 Å². The SMILES string of the molecule is O=c1ccn(C2OC(COP(=O)([O-])[O-])[C@H](O)C2O)c(=O)[nH]1.[Na+].[Na+]. The van der Waals surface area contributed by atoms with Crippen molar-refractivity contribution in [2.24, 2.45) is 0 Å². The Bertz CT molecular complexity index is 673. The molecule has 0 radical (unpaired) electrons. The quantitative estimate of drug-likeness (QED) is 0.344. The van der Waals surface area contributed by atoms with E-state index in [1.54, 1.807) is 0 Å². The molecule has 0 amide bonds. The first-order valence-corrected chi connectivity index (χ1v) is 7.15. The summed E-state index contributed by atoms with van der Waals surface area (Å²) in [6.07, 6.45) is -4.83. The molecule has 11 nitrogen and oxygen atoms in total. The van der Waals surface area contributed by atoms with Gasteiger partial charge in [-0.1, -0.05) is 0 Å². The van der Waals surface area contributed by atoms with E-state index in [0.717, 1.165) is 16.8 Å². The van der Waals surface area contributed by atoms with Gasteiger partial charge in [0, 0.05) is 12.3 Å². The molecule has 0 bridgehead atoms. The molecule has 3 N–H and O–H groups in total. The molecule has 0 saturated carbocycles. The van der Waals surface area contributed by atoms with Gasteiger partial charge in [0.1, 0.15) is 18.3 Å². The number of aliphatic hydroxyl groups is 2. The molecular weight excluding hydrogens is 357 g/mol. The molecule has 1 aromatic rings. The first-order chi connectivity index (χ1) is 9.69. The number of phosphoric ester groups is 1. The fourth-order valence-corrected chi connectivity index (χ4v) is 2.22. The average Bonchev–Trinajstić information content (AvgIpc) is 2.64. The number of hydrogen-bond acceptors (Lipinski definition) is 9. The first-order valence-electron chi connectivity index (χ1n) is 5.69. The summed E-state index contributed by atoms with van der Waals surface area (Å²) >= 11 is 0. The summed E-state index contributed by atoms with van der Waals surface area (Å²) in [5, 5.41) is 19.5. The zero-order valence-corrected chi connectivity index (χ0v) is 17.2. The second-order valence-corrected chi connectivity index (χ2v) is 5.46. The van der Waals surface area contributed by atoms with Crippen LogP contribution in [0.5, 0.6) is 0 Å². The number of ether oxygens (including phenoxy) is 1. The third kappa shape index (κ3) is 6.15. The number of phosphoric acid groups is 1. The summed E-state index contributed by atoms with van der Waals surface area (Å²) in [7, 11) is -5.26. The molecule has 1 aromatic heterocycles. The predicted molar refractivity (Wildman–Crippen MR) is 60.8 cm³/mol. The Morgan fingerprint density at radius 1 is 1.30 bits per heavy atom. The van der Waals surface area contributed by atoms with Crippen molar-refractivity contribution in [3.63, 3.8) is 0 Å². The molecule has 2 rings (SSSR count). The third-order valence-electron chi connectivity index (χ3n) is 2.86. The smallest absolute Gasteiger partial charge is 0.790 e. The minimum Gasteiger partial charge on any atom is -0.790 e. The van der Waals surface area contributed by atoms with Crippen molar-refractivity contribution in [1.29, 1.82) is 0 Å². The van der Waals surface area contributed by atoms with Crippen LogP contribution in [0.3, 0.4) is 0 Å². The van der Waals surface area contributed by atoms with Crippen molar-refractivity contribution in [2.75, 3.05) is 6.61 Å². The van der Waals surface area contributed by atoms with Crippen LogP contribution < -0.4 is 80.2 Å². The molecular formula is C9H11N2Na2O9P. The van der Waals surface area contributed by atoms with Crippen LogP contribution in [-0.2, 0) is 13.8 Å². The van der Waals surface area contributed by atoms with Gasteiger partial charge in [-0.05, 0) is 0 Å². The Hall–Kier alpha value is 0.670. The van der Waals surface area contributed by atoms with Crippen LogP contribution in [0.25, 0.3) is 0 Å². The maximum Gasteiger partial charge on any atom is 1.00 e. The minimum absolute atomic E-state index is 0. The molecule has 3 unspecified atom stereocenters. The van der Waals surface area contributed by atoms with Gasteiger partial charge in [0.2, 0.25) is 0 Å². The van der Waals surface area contributed by atoms with Gasteiger partial charge >= 0.3 is 64.8 Å². The number of nitrogens with zero attached hydrogens (tertiary/aromatic N) is 1. The standard InChI is InChI=1S/C9H13N2O9P.2Na/c12-5-1-2-11(9(15)10-5)8-7(14)6(13)4(20-8)3-19-21(16,17)18;;/h1-2,4,6-8,13-14H,3H2,(H,10,12,15)(H2,16,17,18);;/q;2*+1/p-2/t4?,6-,7?,8?;;/m0../s1. The molecule has 23 heavy (non-hydrogen) atoms. The van der Waals surface area contributed by atoms with Gasteiger partial charge in [-0.25, -0.2) is 4.79 Å². The van der Waals surface area contributed by atoms with Crippen LogP contribution in [-0.4, -0.2) is 44.7 Å². The summed E-state index contributed by atoms with van der Waals surface area (Å²) in [5.74, 6) is 0. The fourth-order valence-electron chi connectivity index (χ4n) is 1.89. The number of rotatable bonds is 4. The number of aromatic amines is 1. The molecule has 0 spiro atoms. The second kappa shape index (κ2) is 9.39. The summed E-state index contributed by atoms with van der Waals surface area (Å²) in [6, 6.07) is 0.997. The number of hydrogen-bond donors (Lipinski definition) is 3. The number of H-pyrrole nitrogens is 1. The van der Waals surface area contributed by atoms with E-state index in [1.165, 1.54) is 0 Å². The Labute approximate surface area is 173 Å². The predicted octanol–water partition coefficient (Wildman–Crippen LogP) is -9.99. The number of nitrogens with one attached hydrogen (secondary N) is 1. The van der Waals surface area contributed by atoms with Crippen LogP contribution in [0.15, 0.2) is 21.9 Å². The largest absolute Gasteiger partial charge is 1.00 e. The van der Waals surface area contributed by atoms with Gasteiger partial charge in [-0.3, -0.25) is 14.3 Å². The minimum atomic E-state index is -5.26. The first kappa shape index (κ1) is 23.7. The molecule has 1 fully saturated rings. The Morgan fingerprint density at radius 2 is 1.91 bits per heavy atom. The zero-order chi connectivity index (χ0) is 15.8. The summed E-state index contributed by atoms with van der Waals surface area (Å²) < 4.78 is 20.3. The van der Waals surface area contributed by atoms with Crippen molar-refractivity contribution >= 4 is 7.82 Å². The van der Waals surface area contributed by atoms with Crippen molar-refractivity contribution in [3.05, 3.63) is 33.1 Å². The third-order valence-corrected chi connectivity index (χ3v) is 3.32. The number of aromatic nitrogens is 2. The van der Waals surface area contributed by atoms with E-state index in [9.17, 15) is 34.2 Å². The van der Waals surface area contributed by atoms with Crippen LogP contribution in [0.1, 0.15) is 6.23 Å². The van der Waals surface area contributed by atoms with Gasteiger partial charge < -0.3 is 33.8 Å². The van der Waals surface area contributed by atoms with Crippen molar-refractivity contribution in [3.8, 4) is 0 Å². The molecule has 1 aliphatic heterocycles. The number of aliphatic hydroxyl groups excluding tert-OH is 2. The summed E-state index contributed by atoms with van der Waals surface area (Å²) in [5.41, 5.74) is -1.55. The maximum absolute atomic E-state index is 11.6. The van der Waals surface area contributed by atoms with Crippen LogP contribution in [0.2, 0.25) is 0 Å². The van der Waals surface area contributed by atoms with E-state index in [-0.39, 0.29) is 59.1 Å². The topological polar surface area (TPSA) is 177 Å². The summed E-state index contributed by atoms with van der Waals surface area (Å²) in [4.78, 5) is 45.2. The average molecular weight is 368 g/mol. The maximum atomic E-state index is 11.6. The summed E-state index contributed by atoms with van der Waals surface area (Å²) in [6.45, 7) is -0.808. The normalized spacial score (nSPS) is 27.1. The van der Waals surface area contributed by atoms with Crippen molar-refractivity contribution < 1.29 is 92.9 Å². The molecule has 1 aliphatic rings. The van der Waals surface area contributed by atoms with Crippen LogP contribution in [0.4, 0.5) is 0 Å². The van der Waals surface area contributed by atoms with Crippen LogP contribution in [0, 0.1) is 0 Å². The second-order valence-electron chi connectivity index (χ2n) is 4.31. The fraction of sp³-hybridized carbons (Fsp3) is 0.556. The molecule has 1 saturated heterocycles. The van der Waals surface area contributed by atoms with Gasteiger partial charge in [0.05, 0.1) is 14.4 Å². The Morgan fingerprint density at radius 3 is 2.43 bits per heavy atom. The molecule has 118 valence electrons. The Kier molecular flexibility index (Phi) is 9.66. The van der Waals surface area contributed by atoms with E-state index in [4.69, 9.17) is 4.74 Å². The monoisotopic (exact) mass is 368 g/mol. The molecule has 14 heteroatoms. The van der Waals surface area contributed by atoms with E-state index >= 15 is 0 Å². The molecule has 0 aliphatic carbocycles. The molecule has 2 heterocycles. The van der Waals surface area contributed by atoms with Gasteiger partial charge in [-0.2, -0.15) is 0 Å². The van der Waals surface area contributed by atoms with Crippen LogP contribution >= 0.6 is 7.82 Å². The zero-order valence-electron chi connectivity index (χ0n) is 12.3.